The van der Waals surface area contributed by atoms with Crippen molar-refractivity contribution in [1.82, 2.24) is 9.88 Å². The highest BCUT2D eigenvalue weighted by molar-refractivity contribution is 9.10. The maximum atomic E-state index is 3.59. The van der Waals surface area contributed by atoms with Crippen molar-refractivity contribution in [2.75, 3.05) is 13.1 Å². The lowest BCUT2D eigenvalue weighted by molar-refractivity contribution is 0.294. The number of hydrogen-bond donors (Lipinski definition) is 1. The lowest BCUT2D eigenvalue weighted by Crippen LogP contribution is -2.27. The van der Waals surface area contributed by atoms with Crippen LogP contribution in [0.4, 0.5) is 0 Å². The van der Waals surface area contributed by atoms with Gasteiger partial charge in [-0.15, -0.1) is 0 Å². The van der Waals surface area contributed by atoms with E-state index in [2.05, 4.69) is 87.5 Å². The number of hydrogen-bond acceptors (Lipinski definition) is 1. The van der Waals surface area contributed by atoms with Crippen LogP contribution in [0.3, 0.4) is 0 Å². The molecule has 0 unspecified atom stereocenters. The molecular weight excluding hydrogens is 360 g/mol. The Kier molecular flexibility index (Phi) is 4.30. The van der Waals surface area contributed by atoms with Gasteiger partial charge >= 0.3 is 0 Å². The van der Waals surface area contributed by atoms with Gasteiger partial charge in [-0.1, -0.05) is 51.8 Å². The molecule has 1 aliphatic rings. The lowest BCUT2D eigenvalue weighted by Gasteiger charge is -2.26. The zero-order valence-electron chi connectivity index (χ0n) is 13.8. The first kappa shape index (κ1) is 15.7. The Bertz CT molecular complexity index is 890. The van der Waals surface area contributed by atoms with Crippen molar-refractivity contribution in [1.29, 1.82) is 0 Å². The van der Waals surface area contributed by atoms with Gasteiger partial charge in [0.1, 0.15) is 0 Å². The number of nitrogens with one attached hydrogen (secondary N) is 1. The maximum Gasteiger partial charge on any atom is 0.0461 e. The molecule has 0 atom stereocenters. The van der Waals surface area contributed by atoms with Gasteiger partial charge in [0.15, 0.2) is 0 Å². The minimum Gasteiger partial charge on any atom is -0.361 e. The molecule has 0 saturated heterocycles. The Labute approximate surface area is 151 Å². The number of rotatable bonds is 3. The van der Waals surface area contributed by atoms with Gasteiger partial charge in [0.05, 0.1) is 0 Å². The van der Waals surface area contributed by atoms with E-state index in [-0.39, 0.29) is 0 Å². The molecule has 0 spiro atoms. The van der Waals surface area contributed by atoms with Gasteiger partial charge in [-0.2, -0.15) is 0 Å². The monoisotopic (exact) mass is 380 g/mol. The van der Waals surface area contributed by atoms with Crippen LogP contribution < -0.4 is 0 Å². The highest BCUT2D eigenvalue weighted by atomic mass is 79.9. The van der Waals surface area contributed by atoms with Crippen LogP contribution in [0.2, 0.25) is 0 Å². The van der Waals surface area contributed by atoms with Crippen molar-refractivity contribution in [2.24, 2.45) is 0 Å². The summed E-state index contributed by atoms with van der Waals surface area (Å²) < 4.78 is 1.13. The van der Waals surface area contributed by atoms with Gasteiger partial charge < -0.3 is 4.98 Å². The van der Waals surface area contributed by atoms with Crippen LogP contribution in [0.5, 0.6) is 0 Å². The quantitative estimate of drug-likeness (QED) is 0.632. The molecule has 2 nitrogen and oxygen atoms in total. The summed E-state index contributed by atoms with van der Waals surface area (Å²) in [5, 5.41) is 1.31. The molecule has 0 aliphatic carbocycles. The van der Waals surface area contributed by atoms with Crippen molar-refractivity contribution < 1.29 is 0 Å². The molecule has 0 bridgehead atoms. The minimum absolute atomic E-state index is 1.02. The van der Waals surface area contributed by atoms with E-state index in [0.29, 0.717) is 0 Å². The fourth-order valence-electron chi connectivity index (χ4n) is 3.41. The topological polar surface area (TPSA) is 19.0 Å². The molecule has 2 aromatic carbocycles. The first-order chi connectivity index (χ1) is 11.7. The van der Waals surface area contributed by atoms with Crippen LogP contribution in [0.25, 0.3) is 16.5 Å². The van der Waals surface area contributed by atoms with Crippen molar-refractivity contribution in [3.63, 3.8) is 0 Å². The number of nitrogens with zero attached hydrogens (tertiary/aromatic N) is 1. The Morgan fingerprint density at radius 2 is 1.96 bits per heavy atom. The van der Waals surface area contributed by atoms with Gasteiger partial charge in [-0.05, 0) is 42.7 Å². The van der Waals surface area contributed by atoms with Crippen LogP contribution in [0.15, 0.2) is 59.2 Å². The molecule has 1 aliphatic heterocycles. The molecule has 1 aromatic heterocycles. The fourth-order valence-corrected chi connectivity index (χ4v) is 3.77. The van der Waals surface area contributed by atoms with Crippen LogP contribution in [-0.2, 0) is 6.54 Å². The lowest BCUT2D eigenvalue weighted by atomic mass is 9.98. The van der Waals surface area contributed by atoms with Crippen LogP contribution in [0, 0.1) is 6.92 Å². The maximum absolute atomic E-state index is 3.59. The normalized spacial score (nSPS) is 15.7. The Morgan fingerprint density at radius 1 is 1.12 bits per heavy atom. The van der Waals surface area contributed by atoms with Crippen molar-refractivity contribution >= 4 is 32.4 Å². The summed E-state index contributed by atoms with van der Waals surface area (Å²) in [7, 11) is 0. The summed E-state index contributed by atoms with van der Waals surface area (Å²) in [6.45, 7) is 5.30. The Hall–Kier alpha value is -1.84. The van der Waals surface area contributed by atoms with E-state index in [4.69, 9.17) is 0 Å². The number of aryl methyl sites for hydroxylation is 1. The van der Waals surface area contributed by atoms with E-state index in [1.165, 1.54) is 33.2 Å². The summed E-state index contributed by atoms with van der Waals surface area (Å²) in [5.74, 6) is 0. The SMILES string of the molecule is Cc1ccc(CN2CC=C(c3c[nH]c4ccc(Br)cc34)CC2)cc1. The molecule has 24 heavy (non-hydrogen) atoms. The number of H-pyrrole nitrogens is 1. The molecule has 4 rings (SSSR count). The van der Waals surface area contributed by atoms with E-state index in [1.807, 2.05) is 0 Å². The molecular formula is C21H21BrN2. The molecule has 0 saturated carbocycles. The molecule has 3 heteroatoms. The summed E-state index contributed by atoms with van der Waals surface area (Å²) in [6, 6.07) is 15.3. The third-order valence-corrected chi connectivity index (χ3v) is 5.30. The van der Waals surface area contributed by atoms with E-state index >= 15 is 0 Å². The average Bonchev–Trinajstić information content (AvgIpc) is 3.01. The van der Waals surface area contributed by atoms with Gasteiger partial charge in [0.2, 0.25) is 0 Å². The van der Waals surface area contributed by atoms with Crippen molar-refractivity contribution in [3.05, 3.63) is 75.9 Å². The third kappa shape index (κ3) is 3.19. The molecule has 3 aromatic rings. The summed E-state index contributed by atoms with van der Waals surface area (Å²) in [6.07, 6.45) is 5.64. The smallest absolute Gasteiger partial charge is 0.0461 e. The summed E-state index contributed by atoms with van der Waals surface area (Å²) >= 11 is 3.59. The number of aromatic nitrogens is 1. The Morgan fingerprint density at radius 3 is 2.71 bits per heavy atom. The predicted molar refractivity (Wildman–Crippen MR) is 105 cm³/mol. The number of benzene rings is 2. The van der Waals surface area contributed by atoms with E-state index in [1.54, 1.807) is 0 Å². The largest absolute Gasteiger partial charge is 0.361 e. The summed E-state index contributed by atoms with van der Waals surface area (Å²) in [4.78, 5) is 5.91. The van der Waals surface area contributed by atoms with Crippen molar-refractivity contribution in [3.8, 4) is 0 Å². The molecule has 2 heterocycles. The highest BCUT2D eigenvalue weighted by Gasteiger charge is 2.16. The number of aromatic amines is 1. The van der Waals surface area contributed by atoms with Crippen LogP contribution >= 0.6 is 15.9 Å². The van der Waals surface area contributed by atoms with Crippen molar-refractivity contribution in [2.45, 2.75) is 19.9 Å². The average molecular weight is 381 g/mol. The number of halogens is 1. The fraction of sp³-hybridized carbons (Fsp3) is 0.238. The minimum atomic E-state index is 1.02. The molecule has 122 valence electrons. The zero-order valence-corrected chi connectivity index (χ0v) is 15.4. The standard InChI is InChI=1S/C21H21BrN2/c1-15-2-4-16(5-3-15)14-24-10-8-17(9-11-24)20-13-23-21-7-6-18(22)12-19(20)21/h2-8,12-13,23H,9-11,14H2,1H3. The van der Waals surface area contributed by atoms with Gasteiger partial charge in [-0.3, -0.25) is 4.90 Å². The van der Waals surface area contributed by atoms with E-state index < -0.39 is 0 Å². The third-order valence-electron chi connectivity index (χ3n) is 4.81. The first-order valence-electron chi connectivity index (χ1n) is 8.43. The molecule has 0 amide bonds. The van der Waals surface area contributed by atoms with Gasteiger partial charge in [0.25, 0.3) is 0 Å². The van der Waals surface area contributed by atoms with Crippen LogP contribution in [0.1, 0.15) is 23.1 Å². The Balaban J connectivity index is 1.51. The predicted octanol–water partition coefficient (Wildman–Crippen LogP) is 5.53. The van der Waals surface area contributed by atoms with E-state index in [0.717, 1.165) is 30.5 Å². The van der Waals surface area contributed by atoms with Crippen LogP contribution in [-0.4, -0.2) is 23.0 Å². The number of fused-ring (bicyclic) bond motifs is 1. The van der Waals surface area contributed by atoms with Gasteiger partial charge in [0, 0.05) is 46.8 Å². The van der Waals surface area contributed by atoms with E-state index in [9.17, 15) is 0 Å². The second-order valence-electron chi connectivity index (χ2n) is 6.59. The highest BCUT2D eigenvalue weighted by Crippen LogP contribution is 2.31. The first-order valence-corrected chi connectivity index (χ1v) is 9.22. The van der Waals surface area contributed by atoms with Gasteiger partial charge in [-0.25, -0.2) is 0 Å². The molecule has 0 radical (unpaired) electrons. The second kappa shape index (κ2) is 6.58. The molecule has 0 fully saturated rings. The summed E-state index contributed by atoms with van der Waals surface area (Å²) in [5.41, 5.74) is 6.73. The zero-order chi connectivity index (χ0) is 16.5. The molecule has 1 N–H and O–H groups in total. The second-order valence-corrected chi connectivity index (χ2v) is 7.51.